The van der Waals surface area contributed by atoms with Crippen LogP contribution in [0.25, 0.3) is 0 Å². The maximum Gasteiger partial charge on any atom is 0.319 e. The lowest BCUT2D eigenvalue weighted by Crippen LogP contribution is -2.48. The molecule has 6 heteroatoms. The summed E-state index contributed by atoms with van der Waals surface area (Å²) in [5.41, 5.74) is -1.15. The maximum atomic E-state index is 12.6. The third kappa shape index (κ3) is 3.08. The summed E-state index contributed by atoms with van der Waals surface area (Å²) < 4.78 is 0. The van der Waals surface area contributed by atoms with Gasteiger partial charge in [0, 0.05) is 32.1 Å². The van der Waals surface area contributed by atoms with Crippen LogP contribution >= 0.6 is 0 Å². The standard InChI is InChI=1S/C17H26N2O4/c1-12-2-8-18(9-3-12)14(20)13-4-10-19(11-5-13)15(21)17(6-7-17)16(22)23/h12-13H,2-11H2,1H3,(H,22,23). The zero-order valence-electron chi connectivity index (χ0n) is 13.8. The first-order valence-corrected chi connectivity index (χ1v) is 8.75. The predicted octanol–water partition coefficient (Wildman–Crippen LogP) is 1.35. The molecule has 0 atom stereocenters. The highest BCUT2D eigenvalue weighted by Crippen LogP contribution is 2.48. The highest BCUT2D eigenvalue weighted by molar-refractivity contribution is 6.04. The molecule has 0 aromatic carbocycles. The van der Waals surface area contributed by atoms with E-state index in [9.17, 15) is 19.5 Å². The molecule has 0 bridgehead atoms. The summed E-state index contributed by atoms with van der Waals surface area (Å²) in [6.07, 6.45) is 4.37. The molecule has 3 rings (SSSR count). The zero-order valence-corrected chi connectivity index (χ0v) is 13.8. The Morgan fingerprint density at radius 2 is 1.43 bits per heavy atom. The number of carbonyl (C=O) groups excluding carboxylic acids is 2. The molecule has 3 fully saturated rings. The van der Waals surface area contributed by atoms with Crippen LogP contribution < -0.4 is 0 Å². The SMILES string of the molecule is CC1CCN(C(=O)C2CCN(C(=O)C3(C(=O)O)CC3)CC2)CC1. The number of aliphatic carboxylic acids is 1. The number of nitrogens with zero attached hydrogens (tertiary/aromatic N) is 2. The fourth-order valence-corrected chi connectivity index (χ4v) is 3.76. The van der Waals surface area contributed by atoms with Crippen molar-refractivity contribution in [3.63, 3.8) is 0 Å². The first kappa shape index (κ1) is 16.3. The van der Waals surface area contributed by atoms with E-state index in [4.69, 9.17) is 0 Å². The smallest absolute Gasteiger partial charge is 0.319 e. The maximum absolute atomic E-state index is 12.6. The van der Waals surface area contributed by atoms with Crippen molar-refractivity contribution in [3.8, 4) is 0 Å². The van der Waals surface area contributed by atoms with Crippen LogP contribution in [0.4, 0.5) is 0 Å². The predicted molar refractivity (Wildman–Crippen MR) is 83.6 cm³/mol. The van der Waals surface area contributed by atoms with Gasteiger partial charge in [-0.25, -0.2) is 0 Å². The molecule has 0 aromatic heterocycles. The number of carbonyl (C=O) groups is 3. The van der Waals surface area contributed by atoms with Crippen molar-refractivity contribution in [3.05, 3.63) is 0 Å². The van der Waals surface area contributed by atoms with Gasteiger partial charge in [0.1, 0.15) is 5.41 Å². The monoisotopic (exact) mass is 322 g/mol. The Hall–Kier alpha value is -1.59. The molecule has 23 heavy (non-hydrogen) atoms. The molecule has 1 saturated carbocycles. The van der Waals surface area contributed by atoms with Gasteiger partial charge in [0.05, 0.1) is 0 Å². The first-order chi connectivity index (χ1) is 10.9. The van der Waals surface area contributed by atoms with Gasteiger partial charge in [-0.15, -0.1) is 0 Å². The van der Waals surface area contributed by atoms with Crippen molar-refractivity contribution in [2.45, 2.75) is 45.4 Å². The van der Waals surface area contributed by atoms with Crippen molar-refractivity contribution in [2.75, 3.05) is 26.2 Å². The quantitative estimate of drug-likeness (QED) is 0.796. The summed E-state index contributed by atoms with van der Waals surface area (Å²) >= 11 is 0. The van der Waals surface area contributed by atoms with Crippen LogP contribution in [0.2, 0.25) is 0 Å². The van der Waals surface area contributed by atoms with Crippen molar-refractivity contribution in [1.29, 1.82) is 0 Å². The van der Waals surface area contributed by atoms with Gasteiger partial charge in [-0.1, -0.05) is 6.92 Å². The van der Waals surface area contributed by atoms with E-state index in [0.29, 0.717) is 44.7 Å². The fraction of sp³-hybridized carbons (Fsp3) is 0.824. The van der Waals surface area contributed by atoms with Gasteiger partial charge < -0.3 is 14.9 Å². The minimum absolute atomic E-state index is 0.00700. The normalized spacial score (nSPS) is 25.3. The van der Waals surface area contributed by atoms with Crippen LogP contribution in [0, 0.1) is 17.3 Å². The Morgan fingerprint density at radius 3 is 1.91 bits per heavy atom. The second-order valence-electron chi connectivity index (χ2n) is 7.46. The summed E-state index contributed by atoms with van der Waals surface area (Å²) in [7, 11) is 0. The van der Waals surface area contributed by atoms with Crippen LogP contribution in [-0.2, 0) is 14.4 Å². The number of hydrogen-bond donors (Lipinski definition) is 1. The van der Waals surface area contributed by atoms with Crippen molar-refractivity contribution >= 4 is 17.8 Å². The van der Waals surface area contributed by atoms with E-state index in [2.05, 4.69) is 6.92 Å². The molecule has 6 nitrogen and oxygen atoms in total. The van der Waals surface area contributed by atoms with Gasteiger partial charge >= 0.3 is 5.97 Å². The molecule has 0 radical (unpaired) electrons. The van der Waals surface area contributed by atoms with Crippen molar-refractivity contribution in [1.82, 2.24) is 9.80 Å². The molecule has 2 aliphatic heterocycles. The summed E-state index contributed by atoms with van der Waals surface area (Å²) in [5.74, 6) is -0.328. The van der Waals surface area contributed by atoms with E-state index in [0.717, 1.165) is 25.9 Å². The van der Waals surface area contributed by atoms with Crippen molar-refractivity contribution in [2.24, 2.45) is 17.3 Å². The largest absolute Gasteiger partial charge is 0.480 e. The van der Waals surface area contributed by atoms with E-state index in [1.54, 1.807) is 4.90 Å². The molecule has 3 aliphatic rings. The molecule has 0 unspecified atom stereocenters. The highest BCUT2D eigenvalue weighted by Gasteiger charge is 2.58. The molecule has 2 amide bonds. The molecule has 0 spiro atoms. The molecular formula is C17H26N2O4. The van der Waals surface area contributed by atoms with Gasteiger partial charge in [0.25, 0.3) is 0 Å². The summed E-state index contributed by atoms with van der Waals surface area (Å²) in [4.78, 5) is 39.9. The first-order valence-electron chi connectivity index (χ1n) is 8.75. The Morgan fingerprint density at radius 1 is 0.913 bits per heavy atom. The Bertz CT molecular complexity index is 499. The van der Waals surface area contributed by atoms with Crippen LogP contribution in [0.15, 0.2) is 0 Å². The minimum Gasteiger partial charge on any atom is -0.480 e. The second-order valence-corrected chi connectivity index (χ2v) is 7.46. The van der Waals surface area contributed by atoms with E-state index in [1.165, 1.54) is 0 Å². The fourth-order valence-electron chi connectivity index (χ4n) is 3.76. The van der Waals surface area contributed by atoms with Crippen LogP contribution in [0.5, 0.6) is 0 Å². The Balaban J connectivity index is 1.51. The van der Waals surface area contributed by atoms with Gasteiger partial charge in [-0.05, 0) is 44.4 Å². The number of carboxylic acids is 1. The minimum atomic E-state index is -1.15. The van der Waals surface area contributed by atoms with E-state index >= 15 is 0 Å². The summed E-state index contributed by atoms with van der Waals surface area (Å²) in [6.45, 7) is 4.94. The molecule has 1 aliphatic carbocycles. The summed E-state index contributed by atoms with van der Waals surface area (Å²) in [6, 6.07) is 0. The molecular weight excluding hydrogens is 296 g/mol. The number of hydrogen-bond acceptors (Lipinski definition) is 3. The third-order valence-corrected chi connectivity index (χ3v) is 5.80. The molecule has 1 N–H and O–H groups in total. The van der Waals surface area contributed by atoms with Gasteiger partial charge in [0.15, 0.2) is 0 Å². The van der Waals surface area contributed by atoms with E-state index < -0.39 is 11.4 Å². The van der Waals surface area contributed by atoms with Gasteiger partial charge in [0.2, 0.25) is 11.8 Å². The number of rotatable bonds is 3. The summed E-state index contributed by atoms with van der Waals surface area (Å²) in [5, 5.41) is 9.23. The number of piperidine rings is 2. The second kappa shape index (κ2) is 6.13. The Kier molecular flexibility index (Phi) is 4.34. The molecule has 0 aromatic rings. The molecule has 128 valence electrons. The third-order valence-electron chi connectivity index (χ3n) is 5.80. The lowest BCUT2D eigenvalue weighted by Gasteiger charge is -2.37. The van der Waals surface area contributed by atoms with E-state index in [-0.39, 0.29) is 17.7 Å². The lowest BCUT2D eigenvalue weighted by molar-refractivity contribution is -0.155. The average Bonchev–Trinajstić information content (AvgIpc) is 3.36. The topological polar surface area (TPSA) is 77.9 Å². The molecule has 2 saturated heterocycles. The van der Waals surface area contributed by atoms with Crippen LogP contribution in [-0.4, -0.2) is 58.9 Å². The zero-order chi connectivity index (χ0) is 16.6. The van der Waals surface area contributed by atoms with Gasteiger partial charge in [-0.3, -0.25) is 14.4 Å². The van der Waals surface area contributed by atoms with Gasteiger partial charge in [-0.2, -0.15) is 0 Å². The van der Waals surface area contributed by atoms with E-state index in [1.807, 2.05) is 4.90 Å². The number of carboxylic acid groups (broad SMARTS) is 1. The number of amides is 2. The Labute approximate surface area is 136 Å². The lowest BCUT2D eigenvalue weighted by atomic mass is 9.92. The van der Waals surface area contributed by atoms with Crippen molar-refractivity contribution < 1.29 is 19.5 Å². The van der Waals surface area contributed by atoms with Crippen LogP contribution in [0.3, 0.4) is 0 Å². The average molecular weight is 322 g/mol. The molecule has 2 heterocycles. The number of likely N-dealkylation sites (tertiary alicyclic amines) is 2. The van der Waals surface area contributed by atoms with Crippen LogP contribution in [0.1, 0.15) is 45.4 Å². The highest BCUT2D eigenvalue weighted by atomic mass is 16.4.